The van der Waals surface area contributed by atoms with Gasteiger partial charge < -0.3 is 21.1 Å². The number of nitrogens with one attached hydrogen (secondary N) is 1. The SMILES string of the molecule is NC(=O)c1ccc(C2CCN(c3cccc(C(=O)N[C@H]4C5CC6CC4C[C@](O)(C6)C5)n3)CC2)cc1. The van der Waals surface area contributed by atoms with Crippen LogP contribution in [0.15, 0.2) is 42.5 Å². The molecule has 1 aromatic heterocycles. The van der Waals surface area contributed by atoms with E-state index in [9.17, 15) is 14.7 Å². The minimum absolute atomic E-state index is 0.0965. The number of amides is 2. The zero-order chi connectivity index (χ0) is 24.2. The summed E-state index contributed by atoms with van der Waals surface area (Å²) in [5.74, 6) is 2.17. The zero-order valence-corrected chi connectivity index (χ0v) is 20.0. The number of piperidine rings is 1. The third kappa shape index (κ3) is 4.31. The molecule has 4 aliphatic carbocycles. The topological polar surface area (TPSA) is 109 Å². The molecule has 2 aromatic rings. The molecule has 2 heterocycles. The molecule has 7 heteroatoms. The summed E-state index contributed by atoms with van der Waals surface area (Å²) >= 11 is 0. The standard InChI is InChI=1S/C28H34N4O3/c29-26(33)20-6-4-18(5-7-20)19-8-10-32(11-9-19)24-3-1-2-23(30-24)27(34)31-25-21-12-17-13-22(25)16-28(35,14-17)15-21/h1-7,17,19,21-22,25,35H,8-16H2,(H2,29,33)(H,31,34)/t17?,21?,22?,25-,28-. The minimum Gasteiger partial charge on any atom is -0.390 e. The second-order valence-electron chi connectivity index (χ2n) is 11.3. The molecule has 2 unspecified atom stereocenters. The van der Waals surface area contributed by atoms with Gasteiger partial charge in [0.25, 0.3) is 5.91 Å². The van der Waals surface area contributed by atoms with E-state index < -0.39 is 11.5 Å². The average Bonchev–Trinajstić information content (AvgIpc) is 2.85. The van der Waals surface area contributed by atoms with Crippen molar-refractivity contribution in [1.82, 2.24) is 10.3 Å². The molecule has 7 nitrogen and oxygen atoms in total. The number of rotatable bonds is 5. The van der Waals surface area contributed by atoms with Crippen LogP contribution in [-0.2, 0) is 0 Å². The lowest BCUT2D eigenvalue weighted by molar-refractivity contribution is -0.136. The fourth-order valence-electron chi connectivity index (χ4n) is 7.53. The van der Waals surface area contributed by atoms with E-state index >= 15 is 0 Å². The first kappa shape index (κ1) is 22.5. The lowest BCUT2D eigenvalue weighted by Gasteiger charge is -2.58. The normalized spacial score (nSPS) is 32.0. The van der Waals surface area contributed by atoms with Gasteiger partial charge in [-0.1, -0.05) is 18.2 Å². The van der Waals surface area contributed by atoms with Crippen LogP contribution in [0.5, 0.6) is 0 Å². The molecule has 35 heavy (non-hydrogen) atoms. The molecule has 1 saturated heterocycles. The van der Waals surface area contributed by atoms with E-state index in [1.54, 1.807) is 18.2 Å². The van der Waals surface area contributed by atoms with Crippen molar-refractivity contribution >= 4 is 17.6 Å². The van der Waals surface area contributed by atoms with E-state index in [1.165, 1.54) is 5.56 Å². The Bertz CT molecular complexity index is 1110. The molecule has 4 saturated carbocycles. The van der Waals surface area contributed by atoms with Gasteiger partial charge in [0.15, 0.2) is 0 Å². The van der Waals surface area contributed by atoms with E-state index in [-0.39, 0.29) is 11.9 Å². The lowest BCUT2D eigenvalue weighted by atomic mass is 9.52. The Morgan fingerprint density at radius 2 is 1.69 bits per heavy atom. The van der Waals surface area contributed by atoms with Gasteiger partial charge in [-0.2, -0.15) is 0 Å². The fraction of sp³-hybridized carbons (Fsp3) is 0.536. The molecule has 7 rings (SSSR count). The summed E-state index contributed by atoms with van der Waals surface area (Å²) in [6.07, 6.45) is 6.80. The van der Waals surface area contributed by atoms with Crippen LogP contribution in [0.3, 0.4) is 0 Å². The van der Waals surface area contributed by atoms with Gasteiger partial charge in [0.05, 0.1) is 5.60 Å². The highest BCUT2D eigenvalue weighted by atomic mass is 16.3. The summed E-state index contributed by atoms with van der Waals surface area (Å²) in [5, 5.41) is 14.1. The number of aliphatic hydroxyl groups is 1. The molecule has 2 atom stereocenters. The molecule has 1 aromatic carbocycles. The number of carbonyl (C=O) groups excluding carboxylic acids is 2. The molecule has 0 spiro atoms. The Morgan fingerprint density at radius 3 is 2.31 bits per heavy atom. The summed E-state index contributed by atoms with van der Waals surface area (Å²) in [5.41, 5.74) is 7.10. The molecule has 2 amide bonds. The Kier molecular flexibility index (Phi) is 5.55. The number of primary amides is 1. The van der Waals surface area contributed by atoms with Crippen molar-refractivity contribution in [3.63, 3.8) is 0 Å². The van der Waals surface area contributed by atoms with E-state index in [1.807, 2.05) is 24.3 Å². The van der Waals surface area contributed by atoms with E-state index in [2.05, 4.69) is 10.2 Å². The van der Waals surface area contributed by atoms with Crippen molar-refractivity contribution in [3.05, 3.63) is 59.3 Å². The van der Waals surface area contributed by atoms with E-state index in [0.717, 1.165) is 63.9 Å². The summed E-state index contributed by atoms with van der Waals surface area (Å²) in [7, 11) is 0. The average molecular weight is 475 g/mol. The molecule has 1 aliphatic heterocycles. The summed E-state index contributed by atoms with van der Waals surface area (Å²) in [6, 6.07) is 13.5. The first-order valence-electron chi connectivity index (χ1n) is 13.0. The van der Waals surface area contributed by atoms with Gasteiger partial charge in [-0.25, -0.2) is 4.98 Å². The number of nitrogens with zero attached hydrogens (tertiary/aromatic N) is 2. The number of nitrogens with two attached hydrogens (primary N) is 1. The number of hydrogen-bond donors (Lipinski definition) is 3. The van der Waals surface area contributed by atoms with Gasteiger partial charge in [-0.15, -0.1) is 0 Å². The van der Waals surface area contributed by atoms with Crippen molar-refractivity contribution in [2.24, 2.45) is 23.5 Å². The van der Waals surface area contributed by atoms with Crippen LogP contribution < -0.4 is 16.0 Å². The molecular weight excluding hydrogens is 440 g/mol. The zero-order valence-electron chi connectivity index (χ0n) is 20.0. The van der Waals surface area contributed by atoms with Gasteiger partial charge in [0, 0.05) is 24.7 Å². The molecular formula is C28H34N4O3. The third-order valence-electron chi connectivity index (χ3n) is 8.99. The highest BCUT2D eigenvalue weighted by Crippen LogP contribution is 2.55. The smallest absolute Gasteiger partial charge is 0.270 e. The molecule has 5 aliphatic rings. The number of aromatic nitrogens is 1. The van der Waals surface area contributed by atoms with Crippen LogP contribution in [0.25, 0.3) is 0 Å². The molecule has 0 radical (unpaired) electrons. The third-order valence-corrected chi connectivity index (χ3v) is 8.99. The number of hydrogen-bond acceptors (Lipinski definition) is 5. The Labute approximate surface area is 206 Å². The van der Waals surface area contributed by atoms with Crippen molar-refractivity contribution in [1.29, 1.82) is 0 Å². The van der Waals surface area contributed by atoms with E-state index in [0.29, 0.717) is 34.9 Å². The number of carbonyl (C=O) groups is 2. The minimum atomic E-state index is -0.494. The van der Waals surface area contributed by atoms with Gasteiger partial charge in [-0.3, -0.25) is 9.59 Å². The summed E-state index contributed by atoms with van der Waals surface area (Å²) < 4.78 is 0. The Balaban J connectivity index is 1.09. The quantitative estimate of drug-likeness (QED) is 0.617. The maximum absolute atomic E-state index is 13.2. The second kappa shape index (κ2) is 8.63. The van der Waals surface area contributed by atoms with Crippen molar-refractivity contribution in [2.45, 2.75) is 62.5 Å². The maximum Gasteiger partial charge on any atom is 0.270 e. The van der Waals surface area contributed by atoms with E-state index in [4.69, 9.17) is 10.7 Å². The van der Waals surface area contributed by atoms with Crippen LogP contribution in [-0.4, -0.2) is 46.6 Å². The van der Waals surface area contributed by atoms with Crippen LogP contribution in [0.1, 0.15) is 77.3 Å². The van der Waals surface area contributed by atoms with Gasteiger partial charge in [-0.05, 0) is 98.4 Å². The molecule has 4 bridgehead atoms. The molecule has 4 N–H and O–H groups in total. The van der Waals surface area contributed by atoms with Crippen molar-refractivity contribution in [3.8, 4) is 0 Å². The lowest BCUT2D eigenvalue weighted by Crippen LogP contribution is -2.61. The second-order valence-corrected chi connectivity index (χ2v) is 11.3. The molecule has 5 fully saturated rings. The van der Waals surface area contributed by atoms with Gasteiger partial charge in [0.1, 0.15) is 11.5 Å². The summed E-state index contributed by atoms with van der Waals surface area (Å²) in [6.45, 7) is 1.74. The van der Waals surface area contributed by atoms with Crippen molar-refractivity contribution < 1.29 is 14.7 Å². The monoisotopic (exact) mass is 474 g/mol. The highest BCUT2D eigenvalue weighted by Gasteiger charge is 2.55. The first-order valence-corrected chi connectivity index (χ1v) is 13.0. The maximum atomic E-state index is 13.2. The fourth-order valence-corrected chi connectivity index (χ4v) is 7.53. The van der Waals surface area contributed by atoms with Gasteiger partial charge >= 0.3 is 0 Å². The van der Waals surface area contributed by atoms with Crippen LogP contribution in [0, 0.1) is 17.8 Å². The Hall–Kier alpha value is -2.93. The van der Waals surface area contributed by atoms with Crippen molar-refractivity contribution in [2.75, 3.05) is 18.0 Å². The van der Waals surface area contributed by atoms with Gasteiger partial charge in [0.2, 0.25) is 5.91 Å². The molecule has 184 valence electrons. The predicted octanol–water partition coefficient (Wildman–Crippen LogP) is 3.23. The highest BCUT2D eigenvalue weighted by molar-refractivity contribution is 5.93. The Morgan fingerprint density at radius 1 is 1.00 bits per heavy atom. The largest absolute Gasteiger partial charge is 0.390 e. The number of benzene rings is 1. The number of anilines is 1. The first-order chi connectivity index (χ1) is 16.9. The number of pyridine rings is 1. The van der Waals surface area contributed by atoms with Crippen LogP contribution in [0.4, 0.5) is 5.82 Å². The van der Waals surface area contributed by atoms with Crippen LogP contribution >= 0.6 is 0 Å². The predicted molar refractivity (Wildman–Crippen MR) is 133 cm³/mol. The van der Waals surface area contributed by atoms with Crippen LogP contribution in [0.2, 0.25) is 0 Å². The summed E-state index contributed by atoms with van der Waals surface area (Å²) in [4.78, 5) is 31.5.